The fourth-order valence-corrected chi connectivity index (χ4v) is 4.18. The molecule has 1 saturated carbocycles. The number of carbonyl (C=O) groups excluding carboxylic acids is 1. The van der Waals surface area contributed by atoms with E-state index in [-0.39, 0.29) is 23.5 Å². The zero-order valence-electron chi connectivity index (χ0n) is 13.2. The lowest BCUT2D eigenvalue weighted by Crippen LogP contribution is -2.46. The average molecular weight is 355 g/mol. The molecule has 1 aromatic carbocycles. The number of likely N-dealkylation sites (tertiary alicyclic amines) is 1. The van der Waals surface area contributed by atoms with Crippen molar-refractivity contribution in [3.63, 3.8) is 0 Å². The number of carbonyl (C=O) groups is 2. The SMILES string of the molecule is O=C(CN1C(C(=O)O)CC2CCCCC21)Nc1ccc(F)cc1Cl. The molecule has 3 atom stereocenters. The van der Waals surface area contributed by atoms with Crippen LogP contribution in [-0.4, -0.2) is 40.5 Å². The monoisotopic (exact) mass is 354 g/mol. The first-order valence-electron chi connectivity index (χ1n) is 8.19. The highest BCUT2D eigenvalue weighted by atomic mass is 35.5. The number of aliphatic carboxylic acids is 1. The number of benzene rings is 1. The van der Waals surface area contributed by atoms with Crippen LogP contribution in [0.5, 0.6) is 0 Å². The summed E-state index contributed by atoms with van der Waals surface area (Å²) in [6.07, 6.45) is 4.74. The molecule has 1 heterocycles. The van der Waals surface area contributed by atoms with E-state index < -0.39 is 17.8 Å². The molecular weight excluding hydrogens is 335 g/mol. The zero-order valence-corrected chi connectivity index (χ0v) is 13.9. The number of hydrogen-bond acceptors (Lipinski definition) is 3. The van der Waals surface area contributed by atoms with Gasteiger partial charge < -0.3 is 10.4 Å². The summed E-state index contributed by atoms with van der Waals surface area (Å²) in [6.45, 7) is 0.00579. The summed E-state index contributed by atoms with van der Waals surface area (Å²) >= 11 is 5.92. The van der Waals surface area contributed by atoms with Gasteiger partial charge in [-0.2, -0.15) is 0 Å². The maximum absolute atomic E-state index is 13.1. The van der Waals surface area contributed by atoms with Crippen molar-refractivity contribution in [1.29, 1.82) is 0 Å². The van der Waals surface area contributed by atoms with Gasteiger partial charge in [0, 0.05) is 6.04 Å². The molecule has 1 amide bonds. The fraction of sp³-hybridized carbons (Fsp3) is 0.529. The van der Waals surface area contributed by atoms with E-state index in [1.807, 2.05) is 0 Å². The first-order chi connectivity index (χ1) is 11.5. The van der Waals surface area contributed by atoms with Gasteiger partial charge in [0.25, 0.3) is 0 Å². The van der Waals surface area contributed by atoms with Crippen molar-refractivity contribution in [1.82, 2.24) is 4.90 Å². The van der Waals surface area contributed by atoms with Crippen molar-refractivity contribution in [2.45, 2.75) is 44.2 Å². The minimum atomic E-state index is -0.878. The number of hydrogen-bond donors (Lipinski definition) is 2. The summed E-state index contributed by atoms with van der Waals surface area (Å²) in [4.78, 5) is 25.7. The van der Waals surface area contributed by atoms with E-state index in [2.05, 4.69) is 5.32 Å². The molecule has 5 nitrogen and oxygen atoms in total. The van der Waals surface area contributed by atoms with Crippen molar-refractivity contribution in [3.8, 4) is 0 Å². The number of nitrogens with zero attached hydrogens (tertiary/aromatic N) is 1. The normalized spacial score (nSPS) is 26.8. The number of fused-ring (bicyclic) bond motifs is 1. The van der Waals surface area contributed by atoms with Gasteiger partial charge in [0.15, 0.2) is 0 Å². The van der Waals surface area contributed by atoms with E-state index in [9.17, 15) is 19.1 Å². The molecule has 0 aromatic heterocycles. The van der Waals surface area contributed by atoms with Gasteiger partial charge in [-0.25, -0.2) is 4.39 Å². The Balaban J connectivity index is 1.70. The lowest BCUT2D eigenvalue weighted by atomic mass is 9.85. The summed E-state index contributed by atoms with van der Waals surface area (Å²) in [6, 6.07) is 3.28. The summed E-state index contributed by atoms with van der Waals surface area (Å²) in [5, 5.41) is 12.2. The van der Waals surface area contributed by atoms with Gasteiger partial charge in [0.2, 0.25) is 5.91 Å². The quantitative estimate of drug-likeness (QED) is 0.871. The number of rotatable bonds is 4. The van der Waals surface area contributed by atoms with E-state index in [1.165, 1.54) is 12.1 Å². The number of carboxylic acids is 1. The molecule has 1 saturated heterocycles. The maximum Gasteiger partial charge on any atom is 0.320 e. The smallest absolute Gasteiger partial charge is 0.320 e. The van der Waals surface area contributed by atoms with E-state index in [0.29, 0.717) is 18.0 Å². The Hall–Kier alpha value is -1.66. The van der Waals surface area contributed by atoms with Crippen LogP contribution in [-0.2, 0) is 9.59 Å². The van der Waals surface area contributed by atoms with E-state index in [4.69, 9.17) is 11.6 Å². The van der Waals surface area contributed by atoms with E-state index in [1.54, 1.807) is 4.90 Å². The van der Waals surface area contributed by atoms with Gasteiger partial charge in [-0.1, -0.05) is 24.4 Å². The lowest BCUT2D eigenvalue weighted by Gasteiger charge is -2.32. The van der Waals surface area contributed by atoms with E-state index >= 15 is 0 Å². The zero-order chi connectivity index (χ0) is 17.3. The summed E-state index contributed by atoms with van der Waals surface area (Å²) in [7, 11) is 0. The van der Waals surface area contributed by atoms with E-state index in [0.717, 1.165) is 31.7 Å². The Morgan fingerprint density at radius 3 is 2.79 bits per heavy atom. The van der Waals surface area contributed by atoms with Crippen molar-refractivity contribution < 1.29 is 19.1 Å². The number of nitrogens with one attached hydrogen (secondary N) is 1. The van der Waals surface area contributed by atoms with Crippen LogP contribution in [0.1, 0.15) is 32.1 Å². The van der Waals surface area contributed by atoms with Gasteiger partial charge in [-0.15, -0.1) is 0 Å². The predicted molar refractivity (Wildman–Crippen MR) is 88.5 cm³/mol. The molecule has 1 aliphatic carbocycles. The number of anilines is 1. The second-order valence-electron chi connectivity index (χ2n) is 6.55. The molecule has 3 rings (SSSR count). The van der Waals surface area contributed by atoms with Crippen LogP contribution in [0, 0.1) is 11.7 Å². The highest BCUT2D eigenvalue weighted by molar-refractivity contribution is 6.33. The molecule has 1 aromatic rings. The number of halogens is 2. The van der Waals surface area contributed by atoms with Gasteiger partial charge in [-0.3, -0.25) is 14.5 Å². The predicted octanol–water partition coefficient (Wildman–Crippen LogP) is 3.14. The standard InChI is InChI=1S/C17H20ClFN2O3/c18-12-8-11(19)5-6-13(12)20-16(22)9-21-14-4-2-1-3-10(14)7-15(21)17(23)24/h5-6,8,10,14-15H,1-4,7,9H2,(H,20,22)(H,23,24). The molecule has 1 aliphatic heterocycles. The Labute approximate surface area is 144 Å². The number of carboxylic acid groups (broad SMARTS) is 1. The highest BCUT2D eigenvalue weighted by Crippen LogP contribution is 2.39. The van der Waals surface area contributed by atoms with Crippen molar-refractivity contribution in [3.05, 3.63) is 29.0 Å². The minimum Gasteiger partial charge on any atom is -0.480 e. The molecule has 130 valence electrons. The second kappa shape index (κ2) is 7.07. The Bertz CT molecular complexity index is 655. The topological polar surface area (TPSA) is 69.6 Å². The summed E-state index contributed by atoms with van der Waals surface area (Å²) < 4.78 is 13.1. The van der Waals surface area contributed by atoms with Crippen LogP contribution in [0.15, 0.2) is 18.2 Å². The summed E-state index contributed by atoms with van der Waals surface area (Å²) in [5.74, 6) is -1.34. The van der Waals surface area contributed by atoms with Gasteiger partial charge in [0.05, 0.1) is 17.3 Å². The minimum absolute atomic E-state index is 0.00579. The fourth-order valence-electron chi connectivity index (χ4n) is 3.97. The molecule has 2 fully saturated rings. The first kappa shape index (κ1) is 17.2. The third kappa shape index (κ3) is 3.54. The molecule has 7 heteroatoms. The number of amides is 1. The maximum atomic E-state index is 13.1. The molecule has 0 spiro atoms. The molecule has 2 N–H and O–H groups in total. The lowest BCUT2D eigenvalue weighted by molar-refractivity contribution is -0.143. The first-order valence-corrected chi connectivity index (χ1v) is 8.57. The third-order valence-electron chi connectivity index (χ3n) is 5.04. The van der Waals surface area contributed by atoms with Crippen LogP contribution in [0.3, 0.4) is 0 Å². The third-order valence-corrected chi connectivity index (χ3v) is 5.35. The Kier molecular flexibility index (Phi) is 5.06. The molecule has 24 heavy (non-hydrogen) atoms. The average Bonchev–Trinajstić information content (AvgIpc) is 2.89. The van der Waals surface area contributed by atoms with Crippen LogP contribution in [0.25, 0.3) is 0 Å². The van der Waals surface area contributed by atoms with Crippen LogP contribution in [0.2, 0.25) is 5.02 Å². The van der Waals surface area contributed by atoms with Crippen molar-refractivity contribution in [2.24, 2.45) is 5.92 Å². The highest BCUT2D eigenvalue weighted by Gasteiger charge is 2.45. The van der Waals surface area contributed by atoms with Crippen molar-refractivity contribution >= 4 is 29.2 Å². The molecule has 3 unspecified atom stereocenters. The summed E-state index contributed by atoms with van der Waals surface area (Å²) in [5.41, 5.74) is 0.328. The van der Waals surface area contributed by atoms with Crippen LogP contribution >= 0.6 is 11.6 Å². The van der Waals surface area contributed by atoms with Crippen LogP contribution in [0.4, 0.5) is 10.1 Å². The van der Waals surface area contributed by atoms with Crippen LogP contribution < -0.4 is 5.32 Å². The largest absolute Gasteiger partial charge is 0.480 e. The van der Waals surface area contributed by atoms with Gasteiger partial charge in [0.1, 0.15) is 11.9 Å². The molecule has 0 bridgehead atoms. The Morgan fingerprint density at radius 2 is 2.08 bits per heavy atom. The van der Waals surface area contributed by atoms with Gasteiger partial charge in [-0.05, 0) is 43.4 Å². The molecule has 2 aliphatic rings. The molecule has 0 radical (unpaired) electrons. The van der Waals surface area contributed by atoms with Gasteiger partial charge >= 0.3 is 5.97 Å². The van der Waals surface area contributed by atoms with Crippen molar-refractivity contribution in [2.75, 3.05) is 11.9 Å². The Morgan fingerprint density at radius 1 is 1.33 bits per heavy atom. The molecular formula is C17H20ClFN2O3. The second-order valence-corrected chi connectivity index (χ2v) is 6.95.